The predicted molar refractivity (Wildman–Crippen MR) is 80.2 cm³/mol. The van der Waals surface area contributed by atoms with Crippen LogP contribution in [0.3, 0.4) is 0 Å². The van der Waals surface area contributed by atoms with Crippen LogP contribution in [-0.2, 0) is 9.84 Å². The van der Waals surface area contributed by atoms with Crippen molar-refractivity contribution in [1.82, 2.24) is 0 Å². The summed E-state index contributed by atoms with van der Waals surface area (Å²) in [4.78, 5) is 12.3. The van der Waals surface area contributed by atoms with Gasteiger partial charge in [-0.15, -0.1) is 5.26 Å². The Morgan fingerprint density at radius 2 is 1.91 bits per heavy atom. The first-order valence-electron chi connectivity index (χ1n) is 6.18. The molecular formula is C15H12N2O4S. The average Bonchev–Trinajstić information content (AvgIpc) is 2.47. The number of nitrogens with one attached hydrogen (secondary N) is 1. The van der Waals surface area contributed by atoms with Gasteiger partial charge in [0.25, 0.3) is 12.2 Å². The van der Waals surface area contributed by atoms with Gasteiger partial charge in [0.15, 0.2) is 15.6 Å². The summed E-state index contributed by atoms with van der Waals surface area (Å²) in [5.74, 6) is -0.377. The van der Waals surface area contributed by atoms with Gasteiger partial charge in [0.2, 0.25) is 0 Å². The van der Waals surface area contributed by atoms with Gasteiger partial charge >= 0.3 is 0 Å². The summed E-state index contributed by atoms with van der Waals surface area (Å²) in [5.41, 5.74) is 0.508. The predicted octanol–water partition coefficient (Wildman–Crippen LogP) is 2.20. The maximum atomic E-state index is 12.2. The lowest BCUT2D eigenvalue weighted by Gasteiger charge is -2.08. The number of para-hydroxylation sites is 1. The highest BCUT2D eigenvalue weighted by Gasteiger charge is 2.14. The third kappa shape index (κ3) is 3.62. The lowest BCUT2D eigenvalue weighted by molar-refractivity contribution is 0.102. The molecular weight excluding hydrogens is 304 g/mol. The molecule has 7 heteroatoms. The summed E-state index contributed by atoms with van der Waals surface area (Å²) in [5, 5.41) is 11.1. The zero-order valence-corrected chi connectivity index (χ0v) is 12.4. The van der Waals surface area contributed by atoms with E-state index in [0.29, 0.717) is 5.69 Å². The van der Waals surface area contributed by atoms with Crippen molar-refractivity contribution in [3.05, 3.63) is 54.1 Å². The lowest BCUT2D eigenvalue weighted by Crippen LogP contribution is -2.13. The Labute approximate surface area is 127 Å². The van der Waals surface area contributed by atoms with Gasteiger partial charge in [-0.25, -0.2) is 8.42 Å². The molecule has 0 aromatic heterocycles. The normalized spacial score (nSPS) is 10.5. The zero-order valence-electron chi connectivity index (χ0n) is 11.6. The number of anilines is 1. The number of carbonyl (C=O) groups excluding carboxylic acids is 1. The highest BCUT2D eigenvalue weighted by Crippen LogP contribution is 2.21. The fourth-order valence-electron chi connectivity index (χ4n) is 1.80. The topological polar surface area (TPSA) is 96.3 Å². The molecule has 1 N–H and O–H groups in total. The molecule has 2 aromatic rings. The average molecular weight is 316 g/mol. The molecule has 1 amide bonds. The standard InChI is InChI=1S/C15H12N2O4S/c1-22(19,20)12-6-4-5-11(9-12)17-15(18)13-7-2-3-8-14(13)21-10-16/h2-9H,1H3,(H,17,18). The van der Waals surface area contributed by atoms with Crippen LogP contribution in [0.5, 0.6) is 5.75 Å². The van der Waals surface area contributed by atoms with E-state index in [-0.39, 0.29) is 16.2 Å². The minimum atomic E-state index is -3.36. The van der Waals surface area contributed by atoms with Crippen molar-refractivity contribution in [3.63, 3.8) is 0 Å². The summed E-state index contributed by atoms with van der Waals surface area (Å²) < 4.78 is 27.7. The van der Waals surface area contributed by atoms with Gasteiger partial charge in [0.1, 0.15) is 0 Å². The maximum absolute atomic E-state index is 12.2. The number of carbonyl (C=O) groups is 1. The third-order valence-corrected chi connectivity index (χ3v) is 3.92. The largest absolute Gasteiger partial charge is 0.387 e. The van der Waals surface area contributed by atoms with Crippen molar-refractivity contribution in [2.75, 3.05) is 11.6 Å². The third-order valence-electron chi connectivity index (χ3n) is 2.81. The molecule has 0 heterocycles. The number of hydrogen-bond acceptors (Lipinski definition) is 5. The number of rotatable bonds is 4. The minimum absolute atomic E-state index is 0.104. The second-order valence-corrected chi connectivity index (χ2v) is 6.46. The SMILES string of the molecule is CS(=O)(=O)c1cccc(NC(=O)c2ccccc2OC#N)c1. The Morgan fingerprint density at radius 1 is 1.18 bits per heavy atom. The maximum Gasteiger partial charge on any atom is 0.292 e. The van der Waals surface area contributed by atoms with Crippen LogP contribution < -0.4 is 10.1 Å². The van der Waals surface area contributed by atoms with Gasteiger partial charge in [-0.05, 0) is 30.3 Å². The van der Waals surface area contributed by atoms with Crippen LogP contribution >= 0.6 is 0 Å². The van der Waals surface area contributed by atoms with Gasteiger partial charge in [-0.3, -0.25) is 4.79 Å². The second-order valence-electron chi connectivity index (χ2n) is 4.44. The molecule has 22 heavy (non-hydrogen) atoms. The lowest BCUT2D eigenvalue weighted by atomic mass is 10.2. The molecule has 0 atom stereocenters. The second kappa shape index (κ2) is 6.28. The van der Waals surface area contributed by atoms with E-state index in [0.717, 1.165) is 6.26 Å². The van der Waals surface area contributed by atoms with E-state index in [1.807, 2.05) is 0 Å². The van der Waals surface area contributed by atoms with Crippen LogP contribution in [0.2, 0.25) is 0 Å². The molecule has 0 saturated heterocycles. The molecule has 0 bridgehead atoms. The van der Waals surface area contributed by atoms with Crippen molar-refractivity contribution < 1.29 is 17.9 Å². The van der Waals surface area contributed by atoms with Gasteiger partial charge in [-0.2, -0.15) is 0 Å². The van der Waals surface area contributed by atoms with Crippen LogP contribution in [0.1, 0.15) is 10.4 Å². The number of ether oxygens (including phenoxy) is 1. The molecule has 0 aliphatic heterocycles. The molecule has 0 unspecified atom stereocenters. The Bertz CT molecular complexity index is 854. The van der Waals surface area contributed by atoms with Crippen molar-refractivity contribution in [3.8, 4) is 12.0 Å². The fourth-order valence-corrected chi connectivity index (χ4v) is 2.46. The Hall–Kier alpha value is -2.85. The van der Waals surface area contributed by atoms with E-state index in [9.17, 15) is 13.2 Å². The number of sulfone groups is 1. The van der Waals surface area contributed by atoms with E-state index in [1.165, 1.54) is 36.6 Å². The molecule has 112 valence electrons. The molecule has 0 fully saturated rings. The first-order chi connectivity index (χ1) is 10.4. The van der Waals surface area contributed by atoms with Crippen molar-refractivity contribution in [2.45, 2.75) is 4.90 Å². The number of benzene rings is 2. The summed E-state index contributed by atoms with van der Waals surface area (Å²) in [7, 11) is -3.36. The van der Waals surface area contributed by atoms with Crippen molar-refractivity contribution in [2.24, 2.45) is 0 Å². The number of hydrogen-bond donors (Lipinski definition) is 1. The van der Waals surface area contributed by atoms with Crippen molar-refractivity contribution in [1.29, 1.82) is 5.26 Å². The molecule has 0 radical (unpaired) electrons. The summed E-state index contributed by atoms with van der Waals surface area (Å²) in [6.07, 6.45) is 2.60. The minimum Gasteiger partial charge on any atom is -0.387 e. The van der Waals surface area contributed by atoms with Crippen LogP contribution in [-0.4, -0.2) is 20.6 Å². The first-order valence-corrected chi connectivity index (χ1v) is 8.07. The molecule has 0 aliphatic rings. The van der Waals surface area contributed by atoms with Gasteiger partial charge < -0.3 is 10.1 Å². The molecule has 0 spiro atoms. The number of nitriles is 1. The van der Waals surface area contributed by atoms with E-state index in [4.69, 9.17) is 10.00 Å². The summed E-state index contributed by atoms with van der Waals surface area (Å²) in [6.45, 7) is 0. The monoisotopic (exact) mass is 316 g/mol. The van der Waals surface area contributed by atoms with E-state index in [2.05, 4.69) is 5.32 Å². The Kier molecular flexibility index (Phi) is 4.44. The van der Waals surface area contributed by atoms with Crippen LogP contribution in [0.4, 0.5) is 5.69 Å². The first kappa shape index (κ1) is 15.5. The number of amides is 1. The summed E-state index contributed by atoms with van der Waals surface area (Å²) >= 11 is 0. The molecule has 0 saturated carbocycles. The zero-order chi connectivity index (χ0) is 16.2. The molecule has 0 aliphatic carbocycles. The van der Waals surface area contributed by atoms with Crippen LogP contribution in [0, 0.1) is 11.5 Å². The van der Waals surface area contributed by atoms with E-state index < -0.39 is 15.7 Å². The Morgan fingerprint density at radius 3 is 2.59 bits per heavy atom. The van der Waals surface area contributed by atoms with Gasteiger partial charge in [0, 0.05) is 11.9 Å². The smallest absolute Gasteiger partial charge is 0.292 e. The number of nitrogens with zero attached hydrogens (tertiary/aromatic N) is 1. The molecule has 2 rings (SSSR count). The Balaban J connectivity index is 2.29. The van der Waals surface area contributed by atoms with Crippen LogP contribution in [0.15, 0.2) is 53.4 Å². The summed E-state index contributed by atoms with van der Waals surface area (Å²) in [6, 6.07) is 12.2. The highest BCUT2D eigenvalue weighted by molar-refractivity contribution is 7.90. The van der Waals surface area contributed by atoms with Gasteiger partial charge in [0.05, 0.1) is 10.5 Å². The molecule has 6 nitrogen and oxygen atoms in total. The van der Waals surface area contributed by atoms with Gasteiger partial charge in [-0.1, -0.05) is 18.2 Å². The molecule has 2 aromatic carbocycles. The van der Waals surface area contributed by atoms with E-state index >= 15 is 0 Å². The van der Waals surface area contributed by atoms with Crippen molar-refractivity contribution >= 4 is 21.4 Å². The van der Waals surface area contributed by atoms with E-state index in [1.54, 1.807) is 18.2 Å². The van der Waals surface area contributed by atoms with Crippen LogP contribution in [0.25, 0.3) is 0 Å². The quantitative estimate of drug-likeness (QED) is 0.872. The fraction of sp³-hybridized carbons (Fsp3) is 0.0667. The highest BCUT2D eigenvalue weighted by atomic mass is 32.2.